The molecule has 2 N–H and O–H groups in total. The van der Waals surface area contributed by atoms with Crippen molar-refractivity contribution in [3.8, 4) is 0 Å². The van der Waals surface area contributed by atoms with Crippen molar-refractivity contribution < 1.29 is 4.79 Å². The Labute approximate surface area is 104 Å². The first-order valence-electron chi connectivity index (χ1n) is 5.42. The van der Waals surface area contributed by atoms with Gasteiger partial charge in [-0.1, -0.05) is 0 Å². The zero-order chi connectivity index (χ0) is 12.3. The van der Waals surface area contributed by atoms with E-state index in [2.05, 4.69) is 0 Å². The summed E-state index contributed by atoms with van der Waals surface area (Å²) in [4.78, 5) is 14.0. The van der Waals surface area contributed by atoms with Crippen molar-refractivity contribution >= 4 is 28.6 Å². The molecule has 1 aromatic heterocycles. The summed E-state index contributed by atoms with van der Waals surface area (Å²) < 4.78 is 0. The molecule has 1 amide bonds. The van der Waals surface area contributed by atoms with Crippen molar-refractivity contribution in [3.05, 3.63) is 46.7 Å². The molecule has 0 fully saturated rings. The number of amides is 1. The number of nitrogens with zero attached hydrogens (tertiary/aromatic N) is 1. The van der Waals surface area contributed by atoms with E-state index in [0.717, 1.165) is 11.3 Å². The van der Waals surface area contributed by atoms with E-state index >= 15 is 0 Å². The van der Waals surface area contributed by atoms with E-state index in [9.17, 15) is 4.79 Å². The average Bonchev–Trinajstić information content (AvgIpc) is 2.86. The predicted octanol–water partition coefficient (Wildman–Crippen LogP) is 3.00. The number of anilines is 2. The number of carbonyl (C=O) groups excluding carboxylic acids is 1. The van der Waals surface area contributed by atoms with E-state index in [1.54, 1.807) is 17.0 Å². The lowest BCUT2D eigenvalue weighted by molar-refractivity contribution is 0.0989. The maximum absolute atomic E-state index is 12.2. The first-order chi connectivity index (χ1) is 8.22. The summed E-state index contributed by atoms with van der Waals surface area (Å²) >= 11 is 1.53. The molecule has 0 saturated heterocycles. The third-order valence-electron chi connectivity index (χ3n) is 2.53. The van der Waals surface area contributed by atoms with Gasteiger partial charge in [0.15, 0.2) is 0 Å². The van der Waals surface area contributed by atoms with Crippen molar-refractivity contribution in [1.29, 1.82) is 0 Å². The third-order valence-corrected chi connectivity index (χ3v) is 3.22. The van der Waals surface area contributed by atoms with Crippen LogP contribution in [0.25, 0.3) is 0 Å². The molecule has 0 bridgehead atoms. The first kappa shape index (κ1) is 11.7. The lowest BCUT2D eigenvalue weighted by Crippen LogP contribution is -2.30. The highest BCUT2D eigenvalue weighted by molar-refractivity contribution is 7.08. The number of benzene rings is 1. The van der Waals surface area contributed by atoms with Crippen LogP contribution in [0.5, 0.6) is 0 Å². The summed E-state index contributed by atoms with van der Waals surface area (Å²) in [6.07, 6.45) is 0. The van der Waals surface area contributed by atoms with Crippen LogP contribution >= 0.6 is 11.3 Å². The van der Waals surface area contributed by atoms with E-state index in [4.69, 9.17) is 5.73 Å². The molecule has 3 nitrogen and oxygen atoms in total. The molecular formula is C13H14N2OS. The van der Waals surface area contributed by atoms with E-state index in [0.29, 0.717) is 12.2 Å². The summed E-state index contributed by atoms with van der Waals surface area (Å²) in [6.45, 7) is 2.60. The van der Waals surface area contributed by atoms with Crippen molar-refractivity contribution in [2.24, 2.45) is 0 Å². The quantitative estimate of drug-likeness (QED) is 0.846. The lowest BCUT2D eigenvalue weighted by Gasteiger charge is -2.20. The fourth-order valence-electron chi connectivity index (χ4n) is 1.64. The second kappa shape index (κ2) is 5.01. The van der Waals surface area contributed by atoms with Gasteiger partial charge in [0.1, 0.15) is 0 Å². The average molecular weight is 246 g/mol. The normalized spacial score (nSPS) is 10.2. The zero-order valence-electron chi connectivity index (χ0n) is 9.59. The van der Waals surface area contributed by atoms with Crippen LogP contribution in [0.4, 0.5) is 11.4 Å². The maximum atomic E-state index is 12.2. The number of hydrogen-bond acceptors (Lipinski definition) is 3. The molecule has 88 valence electrons. The second-order valence-corrected chi connectivity index (χ2v) is 4.43. The van der Waals surface area contributed by atoms with Crippen LogP contribution in [-0.4, -0.2) is 12.5 Å². The van der Waals surface area contributed by atoms with Gasteiger partial charge < -0.3 is 10.6 Å². The lowest BCUT2D eigenvalue weighted by atomic mass is 10.2. The minimum absolute atomic E-state index is 0.0264. The highest BCUT2D eigenvalue weighted by Gasteiger charge is 2.15. The Morgan fingerprint density at radius 2 is 2.00 bits per heavy atom. The van der Waals surface area contributed by atoms with Gasteiger partial charge in [0.05, 0.1) is 5.56 Å². The highest BCUT2D eigenvalue weighted by atomic mass is 32.1. The molecular weight excluding hydrogens is 232 g/mol. The van der Waals surface area contributed by atoms with Crippen molar-refractivity contribution in [2.75, 3.05) is 17.2 Å². The topological polar surface area (TPSA) is 46.3 Å². The summed E-state index contributed by atoms with van der Waals surface area (Å²) in [5.41, 5.74) is 7.94. The molecule has 0 radical (unpaired) electrons. The van der Waals surface area contributed by atoms with Gasteiger partial charge in [-0.05, 0) is 42.6 Å². The highest BCUT2D eigenvalue weighted by Crippen LogP contribution is 2.19. The maximum Gasteiger partial charge on any atom is 0.259 e. The van der Waals surface area contributed by atoms with Gasteiger partial charge in [0, 0.05) is 23.3 Å². The Balaban J connectivity index is 2.28. The molecule has 0 saturated carbocycles. The molecule has 0 aliphatic carbocycles. The zero-order valence-corrected chi connectivity index (χ0v) is 10.4. The molecule has 0 aliphatic rings. The van der Waals surface area contributed by atoms with E-state index in [-0.39, 0.29) is 5.91 Å². The van der Waals surface area contributed by atoms with Gasteiger partial charge in [-0.25, -0.2) is 0 Å². The Morgan fingerprint density at radius 1 is 1.29 bits per heavy atom. The summed E-state index contributed by atoms with van der Waals surface area (Å²) in [5, 5.41) is 3.77. The van der Waals surface area contributed by atoms with Crippen molar-refractivity contribution in [3.63, 3.8) is 0 Å². The molecule has 1 aromatic carbocycles. The van der Waals surface area contributed by atoms with Gasteiger partial charge in [0.25, 0.3) is 5.91 Å². The van der Waals surface area contributed by atoms with Gasteiger partial charge >= 0.3 is 0 Å². The van der Waals surface area contributed by atoms with Crippen LogP contribution in [0.2, 0.25) is 0 Å². The number of nitrogen functional groups attached to an aromatic ring is 1. The molecule has 0 spiro atoms. The number of hydrogen-bond donors (Lipinski definition) is 1. The van der Waals surface area contributed by atoms with Crippen LogP contribution in [0.3, 0.4) is 0 Å². The van der Waals surface area contributed by atoms with Crippen LogP contribution in [0.15, 0.2) is 41.1 Å². The van der Waals surface area contributed by atoms with Crippen LogP contribution in [0, 0.1) is 0 Å². The molecule has 17 heavy (non-hydrogen) atoms. The number of rotatable bonds is 3. The molecule has 2 rings (SSSR count). The molecule has 1 heterocycles. The van der Waals surface area contributed by atoms with Crippen molar-refractivity contribution in [1.82, 2.24) is 0 Å². The summed E-state index contributed by atoms with van der Waals surface area (Å²) in [5.74, 6) is 0.0264. The SMILES string of the molecule is CCN(C(=O)c1ccsc1)c1ccc(N)cc1. The van der Waals surface area contributed by atoms with Crippen LogP contribution < -0.4 is 10.6 Å². The fourth-order valence-corrected chi connectivity index (χ4v) is 2.27. The number of thiophene rings is 1. The van der Waals surface area contributed by atoms with Gasteiger partial charge in [-0.2, -0.15) is 11.3 Å². The van der Waals surface area contributed by atoms with Crippen LogP contribution in [0.1, 0.15) is 17.3 Å². The summed E-state index contributed by atoms with van der Waals surface area (Å²) in [7, 11) is 0. The minimum atomic E-state index is 0.0264. The smallest absolute Gasteiger partial charge is 0.259 e. The molecule has 4 heteroatoms. The molecule has 0 atom stereocenters. The van der Waals surface area contributed by atoms with E-state index in [1.165, 1.54) is 11.3 Å². The first-order valence-corrected chi connectivity index (χ1v) is 6.36. The number of carbonyl (C=O) groups is 1. The van der Waals surface area contributed by atoms with E-state index in [1.807, 2.05) is 35.9 Å². The van der Waals surface area contributed by atoms with Gasteiger partial charge in [-0.15, -0.1) is 0 Å². The molecule has 2 aromatic rings. The number of nitrogens with two attached hydrogens (primary N) is 1. The largest absolute Gasteiger partial charge is 0.399 e. The second-order valence-electron chi connectivity index (χ2n) is 3.65. The third kappa shape index (κ3) is 2.47. The monoisotopic (exact) mass is 246 g/mol. The van der Waals surface area contributed by atoms with Gasteiger partial charge in [-0.3, -0.25) is 4.79 Å². The minimum Gasteiger partial charge on any atom is -0.399 e. The Hall–Kier alpha value is -1.81. The molecule has 0 aliphatic heterocycles. The fraction of sp³-hybridized carbons (Fsp3) is 0.154. The molecule has 0 unspecified atom stereocenters. The van der Waals surface area contributed by atoms with E-state index < -0.39 is 0 Å². The van der Waals surface area contributed by atoms with Crippen LogP contribution in [-0.2, 0) is 0 Å². The predicted molar refractivity (Wildman–Crippen MR) is 72.5 cm³/mol. The van der Waals surface area contributed by atoms with Gasteiger partial charge in [0.2, 0.25) is 0 Å². The Bertz CT molecular complexity index is 491. The Morgan fingerprint density at radius 3 is 2.53 bits per heavy atom. The Kier molecular flexibility index (Phi) is 3.44. The van der Waals surface area contributed by atoms with Crippen molar-refractivity contribution in [2.45, 2.75) is 6.92 Å². The summed E-state index contributed by atoms with van der Waals surface area (Å²) in [6, 6.07) is 9.18. The standard InChI is InChI=1S/C13H14N2OS/c1-2-15(12-5-3-11(14)4-6-12)13(16)10-7-8-17-9-10/h3-9H,2,14H2,1H3.